The molecule has 0 radical (unpaired) electrons. The van der Waals surface area contributed by atoms with Crippen LogP contribution in [0.15, 0.2) is 42.5 Å². The summed E-state index contributed by atoms with van der Waals surface area (Å²) in [5.74, 6) is 0.0770. The fourth-order valence-electron chi connectivity index (χ4n) is 1.97. The molecule has 0 fully saturated rings. The molecule has 2 aromatic carbocycles. The third kappa shape index (κ3) is 3.14. The smallest absolute Gasteiger partial charge is 0.225 e. The second-order valence-corrected chi connectivity index (χ2v) is 6.05. The van der Waals surface area contributed by atoms with Crippen molar-refractivity contribution in [1.29, 1.82) is 0 Å². The highest BCUT2D eigenvalue weighted by molar-refractivity contribution is 5.84. The SMILES string of the molecule is CC(NC(=O)C(C)(C)C)c1ccc2ccccc2c1. The zero-order valence-electron chi connectivity index (χ0n) is 12.0. The van der Waals surface area contributed by atoms with E-state index in [9.17, 15) is 4.79 Å². The van der Waals surface area contributed by atoms with E-state index in [2.05, 4.69) is 35.6 Å². The Morgan fingerprint density at radius 3 is 2.32 bits per heavy atom. The van der Waals surface area contributed by atoms with Crippen LogP contribution in [0, 0.1) is 5.41 Å². The van der Waals surface area contributed by atoms with Crippen LogP contribution in [0.5, 0.6) is 0 Å². The Morgan fingerprint density at radius 1 is 1.05 bits per heavy atom. The number of fused-ring (bicyclic) bond motifs is 1. The van der Waals surface area contributed by atoms with E-state index in [0.29, 0.717) is 0 Å². The van der Waals surface area contributed by atoms with Gasteiger partial charge in [-0.05, 0) is 29.3 Å². The number of carbonyl (C=O) groups excluding carboxylic acids is 1. The van der Waals surface area contributed by atoms with E-state index >= 15 is 0 Å². The predicted octanol–water partition coefficient (Wildman–Crippen LogP) is 4.06. The molecule has 0 aliphatic rings. The van der Waals surface area contributed by atoms with Crippen LogP contribution in [0.25, 0.3) is 10.8 Å². The van der Waals surface area contributed by atoms with Gasteiger partial charge in [0.05, 0.1) is 6.04 Å². The van der Waals surface area contributed by atoms with Crippen LogP contribution in [0.4, 0.5) is 0 Å². The average Bonchev–Trinajstić information content (AvgIpc) is 2.37. The van der Waals surface area contributed by atoms with E-state index in [1.165, 1.54) is 10.8 Å². The molecule has 1 unspecified atom stereocenters. The summed E-state index contributed by atoms with van der Waals surface area (Å²) < 4.78 is 0. The Morgan fingerprint density at radius 2 is 1.68 bits per heavy atom. The molecule has 1 N–H and O–H groups in total. The van der Waals surface area contributed by atoms with Crippen molar-refractivity contribution in [2.45, 2.75) is 33.7 Å². The maximum atomic E-state index is 12.0. The largest absolute Gasteiger partial charge is 0.349 e. The fraction of sp³-hybridized carbons (Fsp3) is 0.353. The molecular formula is C17H21NO. The summed E-state index contributed by atoms with van der Waals surface area (Å²) in [6.07, 6.45) is 0. The molecule has 0 bridgehead atoms. The van der Waals surface area contributed by atoms with Crippen molar-refractivity contribution in [1.82, 2.24) is 5.32 Å². The van der Waals surface area contributed by atoms with Crippen molar-refractivity contribution in [2.24, 2.45) is 5.41 Å². The van der Waals surface area contributed by atoms with Crippen LogP contribution in [0.3, 0.4) is 0 Å². The Kier molecular flexibility index (Phi) is 3.61. The lowest BCUT2D eigenvalue weighted by Crippen LogP contribution is -2.36. The van der Waals surface area contributed by atoms with Gasteiger partial charge in [0.15, 0.2) is 0 Å². The van der Waals surface area contributed by atoms with Crippen molar-refractivity contribution >= 4 is 16.7 Å². The number of nitrogens with one attached hydrogen (secondary N) is 1. The molecule has 2 heteroatoms. The third-order valence-corrected chi connectivity index (χ3v) is 3.30. The van der Waals surface area contributed by atoms with E-state index in [-0.39, 0.29) is 17.4 Å². The Hall–Kier alpha value is -1.83. The molecule has 19 heavy (non-hydrogen) atoms. The molecule has 2 nitrogen and oxygen atoms in total. The first-order valence-electron chi connectivity index (χ1n) is 6.67. The van der Waals surface area contributed by atoms with Crippen molar-refractivity contribution in [2.75, 3.05) is 0 Å². The van der Waals surface area contributed by atoms with Crippen LogP contribution >= 0.6 is 0 Å². The summed E-state index contributed by atoms with van der Waals surface area (Å²) in [4.78, 5) is 12.0. The average molecular weight is 255 g/mol. The van der Waals surface area contributed by atoms with Crippen molar-refractivity contribution in [3.63, 3.8) is 0 Å². The molecule has 0 heterocycles. The van der Waals surface area contributed by atoms with Crippen molar-refractivity contribution in [3.8, 4) is 0 Å². The summed E-state index contributed by atoms with van der Waals surface area (Å²) >= 11 is 0. The lowest BCUT2D eigenvalue weighted by molar-refractivity contribution is -0.129. The van der Waals surface area contributed by atoms with Gasteiger partial charge in [-0.15, -0.1) is 0 Å². The number of carbonyl (C=O) groups is 1. The van der Waals surface area contributed by atoms with Crippen LogP contribution < -0.4 is 5.32 Å². The van der Waals surface area contributed by atoms with E-state index < -0.39 is 0 Å². The topological polar surface area (TPSA) is 29.1 Å². The lowest BCUT2D eigenvalue weighted by Gasteiger charge is -2.22. The van der Waals surface area contributed by atoms with Gasteiger partial charge < -0.3 is 5.32 Å². The minimum Gasteiger partial charge on any atom is -0.349 e. The Labute approximate surface area is 114 Å². The monoisotopic (exact) mass is 255 g/mol. The van der Waals surface area contributed by atoms with Gasteiger partial charge in [-0.1, -0.05) is 57.2 Å². The van der Waals surface area contributed by atoms with Crippen molar-refractivity contribution < 1.29 is 4.79 Å². The van der Waals surface area contributed by atoms with Crippen LogP contribution in [-0.2, 0) is 4.79 Å². The molecule has 100 valence electrons. The summed E-state index contributed by atoms with van der Waals surface area (Å²) in [5, 5.41) is 5.49. The minimum absolute atomic E-state index is 0.0244. The van der Waals surface area contributed by atoms with Gasteiger partial charge >= 0.3 is 0 Å². The van der Waals surface area contributed by atoms with Crippen LogP contribution in [-0.4, -0.2) is 5.91 Å². The number of benzene rings is 2. The van der Waals surface area contributed by atoms with Gasteiger partial charge in [-0.2, -0.15) is 0 Å². The molecule has 2 rings (SSSR count). The van der Waals surface area contributed by atoms with E-state index in [4.69, 9.17) is 0 Å². The summed E-state index contributed by atoms with van der Waals surface area (Å²) in [6.45, 7) is 7.80. The van der Waals surface area contributed by atoms with Gasteiger partial charge in [-0.25, -0.2) is 0 Å². The first-order valence-corrected chi connectivity index (χ1v) is 6.67. The normalized spacial score (nSPS) is 13.3. The third-order valence-electron chi connectivity index (χ3n) is 3.30. The van der Waals surface area contributed by atoms with Gasteiger partial charge in [-0.3, -0.25) is 4.79 Å². The van der Waals surface area contributed by atoms with Gasteiger partial charge in [0, 0.05) is 5.41 Å². The summed E-state index contributed by atoms with van der Waals surface area (Å²) in [5.41, 5.74) is 0.779. The number of amides is 1. The summed E-state index contributed by atoms with van der Waals surface area (Å²) in [6, 6.07) is 14.6. The van der Waals surface area contributed by atoms with E-state index in [1.54, 1.807) is 0 Å². The first-order chi connectivity index (χ1) is 8.88. The van der Waals surface area contributed by atoms with Gasteiger partial charge in [0.25, 0.3) is 0 Å². The minimum atomic E-state index is -0.356. The lowest BCUT2D eigenvalue weighted by atomic mass is 9.94. The van der Waals surface area contributed by atoms with Gasteiger partial charge in [0.1, 0.15) is 0 Å². The highest BCUT2D eigenvalue weighted by Gasteiger charge is 2.22. The molecule has 1 amide bonds. The van der Waals surface area contributed by atoms with E-state index in [0.717, 1.165) is 5.56 Å². The summed E-state index contributed by atoms with van der Waals surface area (Å²) in [7, 11) is 0. The molecule has 0 spiro atoms. The molecule has 0 aliphatic heterocycles. The zero-order valence-corrected chi connectivity index (χ0v) is 12.0. The molecular weight excluding hydrogens is 234 g/mol. The second kappa shape index (κ2) is 5.04. The maximum absolute atomic E-state index is 12.0. The molecule has 1 atom stereocenters. The Bertz CT molecular complexity index is 595. The zero-order chi connectivity index (χ0) is 14.0. The maximum Gasteiger partial charge on any atom is 0.225 e. The number of hydrogen-bond acceptors (Lipinski definition) is 1. The predicted molar refractivity (Wildman–Crippen MR) is 80.0 cm³/mol. The van der Waals surface area contributed by atoms with Crippen LogP contribution in [0.1, 0.15) is 39.3 Å². The standard InChI is InChI=1S/C17H21NO/c1-12(18-16(19)17(2,3)4)14-10-9-13-7-5-6-8-15(13)11-14/h5-12H,1-4H3,(H,18,19). The van der Waals surface area contributed by atoms with Gasteiger partial charge in [0.2, 0.25) is 5.91 Å². The molecule has 2 aromatic rings. The Balaban J connectivity index is 2.22. The highest BCUT2D eigenvalue weighted by atomic mass is 16.2. The quantitative estimate of drug-likeness (QED) is 0.861. The fourth-order valence-corrected chi connectivity index (χ4v) is 1.97. The van der Waals surface area contributed by atoms with Crippen LogP contribution in [0.2, 0.25) is 0 Å². The molecule has 0 saturated carbocycles. The number of rotatable bonds is 2. The molecule has 0 saturated heterocycles. The molecule has 0 aromatic heterocycles. The number of hydrogen-bond donors (Lipinski definition) is 1. The second-order valence-electron chi connectivity index (χ2n) is 6.05. The molecule has 0 aliphatic carbocycles. The van der Waals surface area contributed by atoms with E-state index in [1.807, 2.05) is 39.8 Å². The first kappa shape index (κ1) is 13.6. The van der Waals surface area contributed by atoms with Crippen molar-refractivity contribution in [3.05, 3.63) is 48.0 Å². The highest BCUT2D eigenvalue weighted by Crippen LogP contribution is 2.22.